The first kappa shape index (κ1) is 18.5. The number of benzene rings is 2. The lowest BCUT2D eigenvalue weighted by molar-refractivity contribution is -0.124. The van der Waals surface area contributed by atoms with E-state index in [2.05, 4.69) is 5.32 Å². The topological polar surface area (TPSA) is 49.4 Å². The summed E-state index contributed by atoms with van der Waals surface area (Å²) in [5, 5.41) is 3.00. The molecule has 1 saturated heterocycles. The van der Waals surface area contributed by atoms with Crippen molar-refractivity contribution in [3.63, 3.8) is 0 Å². The Morgan fingerprint density at radius 3 is 2.85 bits per heavy atom. The number of thioether (sulfide) groups is 1. The number of carbonyl (C=O) groups is 2. The van der Waals surface area contributed by atoms with Gasteiger partial charge in [-0.2, -0.15) is 11.8 Å². The first-order chi connectivity index (χ1) is 12.6. The van der Waals surface area contributed by atoms with Crippen molar-refractivity contribution >= 4 is 35.0 Å². The maximum atomic E-state index is 13.5. The normalized spacial score (nSPS) is 17.2. The summed E-state index contributed by atoms with van der Waals surface area (Å²) >= 11 is 1.69. The molecule has 0 aliphatic carbocycles. The Kier molecular flexibility index (Phi) is 5.93. The van der Waals surface area contributed by atoms with Crippen LogP contribution >= 0.6 is 11.8 Å². The molecule has 2 amide bonds. The second kappa shape index (κ2) is 8.36. The predicted octanol–water partition coefficient (Wildman–Crippen LogP) is 4.07. The minimum Gasteiger partial charge on any atom is -0.326 e. The molecule has 4 nitrogen and oxygen atoms in total. The van der Waals surface area contributed by atoms with E-state index >= 15 is 0 Å². The van der Waals surface area contributed by atoms with Gasteiger partial charge in [0.1, 0.15) is 5.82 Å². The van der Waals surface area contributed by atoms with E-state index in [1.165, 1.54) is 17.0 Å². The van der Waals surface area contributed by atoms with Gasteiger partial charge in [0, 0.05) is 30.1 Å². The molecule has 2 aromatic rings. The minimum absolute atomic E-state index is 0.0811. The zero-order valence-electron chi connectivity index (χ0n) is 14.6. The standard InChI is InChI=1S/C20H21FN2O2S/c1-26-13-15-5-2-3-8-18(15)22-20(25)14-9-10-19(24)23(12-14)17-7-4-6-16(21)11-17/h2-8,11,14H,9-10,12-13H2,1H3,(H,22,25). The molecule has 0 aromatic heterocycles. The van der Waals surface area contributed by atoms with Gasteiger partial charge in [-0.1, -0.05) is 24.3 Å². The summed E-state index contributed by atoms with van der Waals surface area (Å²) in [7, 11) is 0. The molecular weight excluding hydrogens is 351 g/mol. The SMILES string of the molecule is CSCc1ccccc1NC(=O)C1CCC(=O)N(c2cccc(F)c2)C1. The molecule has 1 unspecified atom stereocenters. The Labute approximate surface area is 156 Å². The van der Waals surface area contributed by atoms with Crippen LogP contribution in [0, 0.1) is 11.7 Å². The highest BCUT2D eigenvalue weighted by Crippen LogP contribution is 2.27. The average molecular weight is 372 g/mol. The lowest BCUT2D eigenvalue weighted by Crippen LogP contribution is -2.44. The van der Waals surface area contributed by atoms with Gasteiger partial charge in [-0.25, -0.2) is 4.39 Å². The number of piperidine rings is 1. The third-order valence-electron chi connectivity index (χ3n) is 4.48. The Hall–Kier alpha value is -2.34. The van der Waals surface area contributed by atoms with E-state index in [-0.39, 0.29) is 30.7 Å². The molecule has 2 aromatic carbocycles. The molecule has 26 heavy (non-hydrogen) atoms. The molecule has 1 fully saturated rings. The smallest absolute Gasteiger partial charge is 0.229 e. The zero-order chi connectivity index (χ0) is 18.5. The van der Waals surface area contributed by atoms with Crippen LogP contribution in [0.2, 0.25) is 0 Å². The van der Waals surface area contributed by atoms with Crippen molar-refractivity contribution in [2.24, 2.45) is 5.92 Å². The van der Waals surface area contributed by atoms with E-state index in [1.807, 2.05) is 30.5 Å². The lowest BCUT2D eigenvalue weighted by atomic mass is 9.95. The molecule has 3 rings (SSSR count). The van der Waals surface area contributed by atoms with Crippen LogP contribution in [0.3, 0.4) is 0 Å². The summed E-state index contributed by atoms with van der Waals surface area (Å²) in [4.78, 5) is 26.5. The van der Waals surface area contributed by atoms with Crippen molar-refractivity contribution in [2.45, 2.75) is 18.6 Å². The van der Waals surface area contributed by atoms with Crippen LogP contribution < -0.4 is 10.2 Å². The highest BCUT2D eigenvalue weighted by Gasteiger charge is 2.31. The van der Waals surface area contributed by atoms with Crippen LogP contribution in [0.15, 0.2) is 48.5 Å². The van der Waals surface area contributed by atoms with Gasteiger partial charge in [0.15, 0.2) is 0 Å². The van der Waals surface area contributed by atoms with Crippen LogP contribution in [0.4, 0.5) is 15.8 Å². The number of nitrogens with zero attached hydrogens (tertiary/aromatic N) is 1. The second-order valence-electron chi connectivity index (χ2n) is 6.30. The summed E-state index contributed by atoms with van der Waals surface area (Å²) in [6, 6.07) is 13.7. The van der Waals surface area contributed by atoms with Crippen molar-refractivity contribution in [1.82, 2.24) is 0 Å². The minimum atomic E-state index is -0.395. The summed E-state index contributed by atoms with van der Waals surface area (Å²) in [6.07, 6.45) is 2.80. The molecule has 6 heteroatoms. The van der Waals surface area contributed by atoms with Crippen molar-refractivity contribution in [3.05, 3.63) is 59.9 Å². The van der Waals surface area contributed by atoms with Gasteiger partial charge in [0.25, 0.3) is 0 Å². The number of para-hydroxylation sites is 1. The lowest BCUT2D eigenvalue weighted by Gasteiger charge is -2.32. The molecule has 0 radical (unpaired) electrons. The quantitative estimate of drug-likeness (QED) is 0.861. The number of hydrogen-bond donors (Lipinski definition) is 1. The Balaban J connectivity index is 1.73. The van der Waals surface area contributed by atoms with E-state index in [4.69, 9.17) is 0 Å². The predicted molar refractivity (Wildman–Crippen MR) is 104 cm³/mol. The van der Waals surface area contributed by atoms with Gasteiger partial charge in [-0.05, 0) is 42.5 Å². The van der Waals surface area contributed by atoms with E-state index in [0.29, 0.717) is 12.1 Å². The molecular formula is C20H21FN2O2S. The number of carbonyl (C=O) groups excluding carboxylic acids is 2. The van der Waals surface area contributed by atoms with Gasteiger partial charge >= 0.3 is 0 Å². The summed E-state index contributed by atoms with van der Waals surface area (Å²) < 4.78 is 13.5. The van der Waals surface area contributed by atoms with Crippen LogP contribution in [0.1, 0.15) is 18.4 Å². The van der Waals surface area contributed by atoms with E-state index in [1.54, 1.807) is 23.9 Å². The fraction of sp³-hybridized carbons (Fsp3) is 0.300. The second-order valence-corrected chi connectivity index (χ2v) is 7.17. The summed E-state index contributed by atoms with van der Waals surface area (Å²) in [5.41, 5.74) is 2.37. The van der Waals surface area contributed by atoms with Gasteiger partial charge in [-0.15, -0.1) is 0 Å². The number of halogens is 1. The van der Waals surface area contributed by atoms with Crippen molar-refractivity contribution in [1.29, 1.82) is 0 Å². The molecule has 0 bridgehead atoms. The number of anilines is 2. The number of nitrogens with one attached hydrogen (secondary N) is 1. The van der Waals surface area contributed by atoms with Crippen LogP contribution in [0.25, 0.3) is 0 Å². The Bertz CT molecular complexity index is 812. The molecule has 136 valence electrons. The van der Waals surface area contributed by atoms with E-state index in [9.17, 15) is 14.0 Å². The molecule has 0 saturated carbocycles. The van der Waals surface area contributed by atoms with Gasteiger partial charge in [0.2, 0.25) is 11.8 Å². The largest absolute Gasteiger partial charge is 0.326 e. The highest BCUT2D eigenvalue weighted by atomic mass is 32.2. The third-order valence-corrected chi connectivity index (χ3v) is 5.08. The van der Waals surface area contributed by atoms with Crippen molar-refractivity contribution < 1.29 is 14.0 Å². The van der Waals surface area contributed by atoms with Crippen LogP contribution in [-0.2, 0) is 15.3 Å². The Morgan fingerprint density at radius 2 is 2.08 bits per heavy atom. The number of rotatable bonds is 5. The van der Waals surface area contributed by atoms with Crippen molar-refractivity contribution in [2.75, 3.05) is 23.0 Å². The monoisotopic (exact) mass is 372 g/mol. The number of amides is 2. The fourth-order valence-electron chi connectivity index (χ4n) is 3.11. The van der Waals surface area contributed by atoms with Gasteiger partial charge in [-0.3, -0.25) is 9.59 Å². The summed E-state index contributed by atoms with van der Waals surface area (Å²) in [5.74, 6) is -0.0873. The first-order valence-electron chi connectivity index (χ1n) is 8.52. The highest BCUT2D eigenvalue weighted by molar-refractivity contribution is 7.97. The van der Waals surface area contributed by atoms with E-state index in [0.717, 1.165) is 17.0 Å². The maximum Gasteiger partial charge on any atom is 0.229 e. The molecule has 1 N–H and O–H groups in total. The summed E-state index contributed by atoms with van der Waals surface area (Å²) in [6.45, 7) is 0.263. The Morgan fingerprint density at radius 1 is 1.27 bits per heavy atom. The molecule has 0 spiro atoms. The fourth-order valence-corrected chi connectivity index (χ4v) is 3.67. The molecule has 1 atom stereocenters. The molecule has 1 heterocycles. The molecule has 1 aliphatic rings. The van der Waals surface area contributed by atoms with E-state index < -0.39 is 5.82 Å². The van der Waals surface area contributed by atoms with Crippen LogP contribution in [-0.4, -0.2) is 24.6 Å². The zero-order valence-corrected chi connectivity index (χ0v) is 15.4. The third kappa shape index (κ3) is 4.25. The van der Waals surface area contributed by atoms with Gasteiger partial charge < -0.3 is 10.2 Å². The van der Waals surface area contributed by atoms with Crippen LogP contribution in [0.5, 0.6) is 0 Å². The van der Waals surface area contributed by atoms with Crippen molar-refractivity contribution in [3.8, 4) is 0 Å². The molecule has 1 aliphatic heterocycles. The number of hydrogen-bond acceptors (Lipinski definition) is 3. The first-order valence-corrected chi connectivity index (χ1v) is 9.91. The van der Waals surface area contributed by atoms with Gasteiger partial charge in [0.05, 0.1) is 5.92 Å². The maximum absolute atomic E-state index is 13.5. The average Bonchev–Trinajstić information content (AvgIpc) is 2.64.